The van der Waals surface area contributed by atoms with Gasteiger partial charge in [0, 0.05) is 11.1 Å². The Bertz CT molecular complexity index is 1280. The second kappa shape index (κ2) is 11.2. The van der Waals surface area contributed by atoms with Gasteiger partial charge < -0.3 is 9.84 Å². The van der Waals surface area contributed by atoms with Gasteiger partial charge in [0.05, 0.1) is 12.7 Å². The van der Waals surface area contributed by atoms with Crippen molar-refractivity contribution in [2.45, 2.75) is 64.1 Å². The molecule has 3 aromatic rings. The van der Waals surface area contributed by atoms with Crippen molar-refractivity contribution in [3.05, 3.63) is 100 Å². The summed E-state index contributed by atoms with van der Waals surface area (Å²) < 4.78 is 49.5. The first-order chi connectivity index (χ1) is 17.9. The number of aliphatic hydroxyl groups excluding tert-OH is 1. The average molecular weight is 507 g/mol. The van der Waals surface area contributed by atoms with Crippen LogP contribution in [-0.2, 0) is 11.2 Å². The standard InChI is InChI=1S/C32H33F3O2/c1-2-3-29(36)23-12-10-22(11-13-23)26-16-14-24(31(34)32(26)35)9-6-20-4-7-21(8-5-20)25-15-17-27(28(33)18-25)30-19-37-30/h7,10-18,20,29-30,36H,2-6,8-9,19H2,1H3. The molecule has 1 N–H and O–H groups in total. The maximum atomic E-state index is 15.0. The smallest absolute Gasteiger partial charge is 0.166 e. The second-order valence-electron chi connectivity index (χ2n) is 10.3. The lowest BCUT2D eigenvalue weighted by Crippen LogP contribution is -2.08. The lowest BCUT2D eigenvalue weighted by atomic mass is 9.83. The van der Waals surface area contributed by atoms with Crippen LogP contribution in [0.15, 0.2) is 60.7 Å². The lowest BCUT2D eigenvalue weighted by Gasteiger charge is -2.22. The number of hydrogen-bond acceptors (Lipinski definition) is 2. The Labute approximate surface area is 216 Å². The minimum atomic E-state index is -0.827. The fourth-order valence-corrected chi connectivity index (χ4v) is 5.32. The Morgan fingerprint density at radius 2 is 1.73 bits per heavy atom. The number of rotatable bonds is 9. The molecule has 2 nitrogen and oxygen atoms in total. The van der Waals surface area contributed by atoms with E-state index in [0.717, 1.165) is 48.8 Å². The minimum Gasteiger partial charge on any atom is -0.388 e. The van der Waals surface area contributed by atoms with E-state index in [9.17, 15) is 18.3 Å². The van der Waals surface area contributed by atoms with Crippen LogP contribution in [0.3, 0.4) is 0 Å². The molecular weight excluding hydrogens is 473 g/mol. The fraction of sp³-hybridized carbons (Fsp3) is 0.375. The van der Waals surface area contributed by atoms with Crippen LogP contribution in [0.25, 0.3) is 16.7 Å². The number of hydrogen-bond donors (Lipinski definition) is 1. The predicted molar refractivity (Wildman–Crippen MR) is 140 cm³/mol. The van der Waals surface area contributed by atoms with E-state index in [1.807, 2.05) is 19.1 Å². The van der Waals surface area contributed by atoms with Crippen molar-refractivity contribution in [3.63, 3.8) is 0 Å². The first-order valence-electron chi connectivity index (χ1n) is 13.3. The van der Waals surface area contributed by atoms with Crippen LogP contribution in [0.2, 0.25) is 0 Å². The maximum absolute atomic E-state index is 15.0. The summed E-state index contributed by atoms with van der Waals surface area (Å²) in [5, 5.41) is 10.1. The molecule has 3 unspecified atom stereocenters. The van der Waals surface area contributed by atoms with Crippen molar-refractivity contribution in [3.8, 4) is 11.1 Å². The zero-order chi connectivity index (χ0) is 25.9. The molecule has 3 atom stereocenters. The fourth-order valence-electron chi connectivity index (χ4n) is 5.32. The van der Waals surface area contributed by atoms with E-state index < -0.39 is 17.7 Å². The quantitative estimate of drug-likeness (QED) is 0.295. The summed E-state index contributed by atoms with van der Waals surface area (Å²) in [5.41, 5.74) is 4.68. The highest BCUT2D eigenvalue weighted by molar-refractivity contribution is 5.67. The van der Waals surface area contributed by atoms with E-state index in [2.05, 4.69) is 6.08 Å². The summed E-state index contributed by atoms with van der Waals surface area (Å²) in [5.74, 6) is -1.44. The van der Waals surface area contributed by atoms with Gasteiger partial charge >= 0.3 is 0 Å². The molecule has 1 aliphatic carbocycles. The van der Waals surface area contributed by atoms with Crippen LogP contribution >= 0.6 is 0 Å². The van der Waals surface area contributed by atoms with Gasteiger partial charge in [-0.15, -0.1) is 0 Å². The average Bonchev–Trinajstić information content (AvgIpc) is 3.75. The zero-order valence-electron chi connectivity index (χ0n) is 21.2. The number of aliphatic hydroxyl groups is 1. The summed E-state index contributed by atoms with van der Waals surface area (Å²) in [6, 6.07) is 15.7. The molecule has 194 valence electrons. The molecule has 0 aromatic heterocycles. The Morgan fingerprint density at radius 3 is 2.38 bits per heavy atom. The third-order valence-electron chi connectivity index (χ3n) is 7.72. The summed E-state index contributed by atoms with van der Waals surface area (Å²) in [6.07, 6.45) is 6.95. The first-order valence-corrected chi connectivity index (χ1v) is 13.3. The number of benzene rings is 3. The molecule has 1 fully saturated rings. The van der Waals surface area contributed by atoms with Gasteiger partial charge in [-0.2, -0.15) is 0 Å². The van der Waals surface area contributed by atoms with Crippen molar-refractivity contribution < 1.29 is 23.0 Å². The van der Waals surface area contributed by atoms with Crippen molar-refractivity contribution in [2.75, 3.05) is 6.61 Å². The van der Waals surface area contributed by atoms with E-state index in [0.29, 0.717) is 42.1 Å². The molecule has 0 spiro atoms. The number of epoxide rings is 1. The van der Waals surface area contributed by atoms with Crippen molar-refractivity contribution >= 4 is 5.57 Å². The van der Waals surface area contributed by atoms with Crippen LogP contribution in [-0.4, -0.2) is 11.7 Å². The highest BCUT2D eigenvalue weighted by atomic mass is 19.2. The zero-order valence-corrected chi connectivity index (χ0v) is 21.2. The third kappa shape index (κ3) is 5.83. The molecule has 0 amide bonds. The van der Waals surface area contributed by atoms with Gasteiger partial charge in [0.15, 0.2) is 11.6 Å². The Hall–Kier alpha value is -2.89. The molecule has 3 aromatic carbocycles. The van der Waals surface area contributed by atoms with E-state index >= 15 is 0 Å². The van der Waals surface area contributed by atoms with Gasteiger partial charge in [-0.1, -0.05) is 68.0 Å². The highest BCUT2D eigenvalue weighted by Gasteiger charge is 2.28. The van der Waals surface area contributed by atoms with Crippen LogP contribution < -0.4 is 0 Å². The molecule has 37 heavy (non-hydrogen) atoms. The van der Waals surface area contributed by atoms with E-state index in [1.165, 1.54) is 0 Å². The molecule has 0 saturated carbocycles. The normalized spacial score (nSPS) is 20.0. The first kappa shape index (κ1) is 25.7. The summed E-state index contributed by atoms with van der Waals surface area (Å²) >= 11 is 0. The van der Waals surface area contributed by atoms with Gasteiger partial charge in [0.25, 0.3) is 0 Å². The predicted octanol–water partition coefficient (Wildman–Crippen LogP) is 8.49. The Morgan fingerprint density at radius 1 is 0.973 bits per heavy atom. The van der Waals surface area contributed by atoms with Crippen LogP contribution in [0, 0.1) is 23.4 Å². The van der Waals surface area contributed by atoms with Crippen LogP contribution in [0.4, 0.5) is 13.2 Å². The molecule has 0 bridgehead atoms. The maximum Gasteiger partial charge on any atom is 0.166 e. The highest BCUT2D eigenvalue weighted by Crippen LogP contribution is 2.37. The largest absolute Gasteiger partial charge is 0.388 e. The summed E-state index contributed by atoms with van der Waals surface area (Å²) in [7, 11) is 0. The lowest BCUT2D eigenvalue weighted by molar-refractivity contribution is 0.166. The third-order valence-corrected chi connectivity index (χ3v) is 7.72. The molecule has 2 aliphatic rings. The van der Waals surface area contributed by atoms with Crippen molar-refractivity contribution in [1.82, 2.24) is 0 Å². The van der Waals surface area contributed by atoms with Gasteiger partial charge in [-0.3, -0.25) is 0 Å². The molecule has 1 heterocycles. The molecule has 1 saturated heterocycles. The van der Waals surface area contributed by atoms with Crippen molar-refractivity contribution in [2.24, 2.45) is 5.92 Å². The van der Waals surface area contributed by atoms with E-state index in [4.69, 9.17) is 4.74 Å². The summed E-state index contributed by atoms with van der Waals surface area (Å²) in [4.78, 5) is 0. The van der Waals surface area contributed by atoms with Gasteiger partial charge in [-0.25, -0.2) is 13.2 Å². The van der Waals surface area contributed by atoms with Gasteiger partial charge in [0.2, 0.25) is 0 Å². The molecule has 1 aliphatic heterocycles. The molecule has 5 heteroatoms. The molecule has 5 rings (SSSR count). The number of halogens is 3. The van der Waals surface area contributed by atoms with Gasteiger partial charge in [-0.05, 0) is 78.3 Å². The van der Waals surface area contributed by atoms with Crippen LogP contribution in [0.1, 0.15) is 79.9 Å². The minimum absolute atomic E-state index is 0.0943. The topological polar surface area (TPSA) is 32.8 Å². The van der Waals surface area contributed by atoms with E-state index in [1.54, 1.807) is 42.5 Å². The van der Waals surface area contributed by atoms with Crippen LogP contribution in [0.5, 0.6) is 0 Å². The summed E-state index contributed by atoms with van der Waals surface area (Å²) in [6.45, 7) is 2.60. The monoisotopic (exact) mass is 506 g/mol. The number of ether oxygens (including phenoxy) is 1. The number of aryl methyl sites for hydroxylation is 1. The van der Waals surface area contributed by atoms with E-state index in [-0.39, 0.29) is 17.5 Å². The second-order valence-corrected chi connectivity index (χ2v) is 10.3. The van der Waals surface area contributed by atoms with Gasteiger partial charge in [0.1, 0.15) is 11.9 Å². The Kier molecular flexibility index (Phi) is 7.82. The van der Waals surface area contributed by atoms with Crippen molar-refractivity contribution in [1.29, 1.82) is 0 Å². The SMILES string of the molecule is CCCC(O)c1ccc(-c2ccc(CCC3CC=C(c4ccc(C5CO5)c(F)c4)CC3)c(F)c2F)cc1. The molecular formula is C32H33F3O2. The number of allylic oxidation sites excluding steroid dienone is 2. The Balaban J connectivity index is 1.20. The molecule has 0 radical (unpaired) electrons.